The van der Waals surface area contributed by atoms with E-state index < -0.39 is 0 Å². The highest BCUT2D eigenvalue weighted by atomic mass is 32.1. The third kappa shape index (κ3) is 3.18. The largest absolute Gasteiger partial charge is 0.455 e. The van der Waals surface area contributed by atoms with E-state index in [1.807, 2.05) is 12.1 Å². The van der Waals surface area contributed by atoms with Crippen LogP contribution in [0.2, 0.25) is 0 Å². The highest BCUT2D eigenvalue weighted by Gasteiger charge is 2.07. The van der Waals surface area contributed by atoms with Crippen molar-refractivity contribution in [2.45, 2.75) is 0 Å². The van der Waals surface area contributed by atoms with E-state index in [1.165, 1.54) is 6.21 Å². The summed E-state index contributed by atoms with van der Waals surface area (Å²) in [5.74, 6) is 1.14. The van der Waals surface area contributed by atoms with Gasteiger partial charge in [0.25, 0.3) is 0 Å². The number of hydrogen-bond donors (Lipinski definition) is 2. The SMILES string of the molecule is N#Cc1ccccc1-c1ccc(/C=N/NC(N)=S)o1. The maximum Gasteiger partial charge on any atom is 0.184 e. The van der Waals surface area contributed by atoms with E-state index in [1.54, 1.807) is 24.3 Å². The maximum absolute atomic E-state index is 9.03. The van der Waals surface area contributed by atoms with Crippen LogP contribution in [-0.4, -0.2) is 11.3 Å². The molecule has 0 aliphatic heterocycles. The molecule has 6 heteroatoms. The van der Waals surface area contributed by atoms with Gasteiger partial charge in [0.15, 0.2) is 5.11 Å². The quantitative estimate of drug-likeness (QED) is 0.506. The second-order valence-corrected chi connectivity index (χ2v) is 4.03. The first kappa shape index (κ1) is 12.8. The van der Waals surface area contributed by atoms with E-state index in [0.29, 0.717) is 17.1 Å². The van der Waals surface area contributed by atoms with Crippen LogP contribution in [0.4, 0.5) is 0 Å². The summed E-state index contributed by atoms with van der Waals surface area (Å²) in [6.07, 6.45) is 1.46. The van der Waals surface area contributed by atoms with Gasteiger partial charge < -0.3 is 10.2 Å². The molecule has 0 amide bonds. The predicted octanol–water partition coefficient (Wildman–Crippen LogP) is 1.99. The Balaban J connectivity index is 2.24. The minimum Gasteiger partial charge on any atom is -0.455 e. The normalized spacial score (nSPS) is 10.3. The molecule has 0 spiro atoms. The molecule has 5 nitrogen and oxygen atoms in total. The average Bonchev–Trinajstić information content (AvgIpc) is 2.87. The monoisotopic (exact) mass is 270 g/mol. The Labute approximate surface area is 115 Å². The van der Waals surface area contributed by atoms with Gasteiger partial charge in [-0.1, -0.05) is 12.1 Å². The second-order valence-electron chi connectivity index (χ2n) is 3.59. The van der Waals surface area contributed by atoms with E-state index in [0.717, 1.165) is 5.56 Å². The molecule has 94 valence electrons. The van der Waals surface area contributed by atoms with Crippen LogP contribution in [0.15, 0.2) is 45.9 Å². The number of nitrogens with zero attached hydrogens (tertiary/aromatic N) is 2. The minimum atomic E-state index is 0.0813. The van der Waals surface area contributed by atoms with Gasteiger partial charge in [-0.05, 0) is 36.5 Å². The Hall–Kier alpha value is -2.65. The number of nitrogens with two attached hydrogens (primary N) is 1. The Morgan fingerprint density at radius 1 is 1.37 bits per heavy atom. The fourth-order valence-corrected chi connectivity index (χ4v) is 1.57. The lowest BCUT2D eigenvalue weighted by molar-refractivity contribution is 0.574. The van der Waals surface area contributed by atoms with Gasteiger partial charge in [0.1, 0.15) is 11.5 Å². The van der Waals surface area contributed by atoms with Gasteiger partial charge in [-0.15, -0.1) is 0 Å². The molecule has 2 aromatic rings. The molecule has 3 N–H and O–H groups in total. The van der Waals surface area contributed by atoms with Crippen LogP contribution in [0, 0.1) is 11.3 Å². The average molecular weight is 270 g/mol. The zero-order valence-electron chi connectivity index (χ0n) is 9.83. The lowest BCUT2D eigenvalue weighted by atomic mass is 10.1. The molecule has 0 radical (unpaired) electrons. The summed E-state index contributed by atoms with van der Waals surface area (Å²) in [5, 5.41) is 12.9. The lowest BCUT2D eigenvalue weighted by Crippen LogP contribution is -2.23. The van der Waals surface area contributed by atoms with Gasteiger partial charge in [0, 0.05) is 5.56 Å². The summed E-state index contributed by atoms with van der Waals surface area (Å²) in [7, 11) is 0. The molecule has 0 bridgehead atoms. The number of benzene rings is 1. The Morgan fingerprint density at radius 3 is 2.89 bits per heavy atom. The zero-order valence-corrected chi connectivity index (χ0v) is 10.6. The second kappa shape index (κ2) is 5.80. The zero-order chi connectivity index (χ0) is 13.7. The fourth-order valence-electron chi connectivity index (χ4n) is 1.52. The summed E-state index contributed by atoms with van der Waals surface area (Å²) >= 11 is 4.61. The summed E-state index contributed by atoms with van der Waals surface area (Å²) in [4.78, 5) is 0. The van der Waals surface area contributed by atoms with Crippen LogP contribution >= 0.6 is 12.2 Å². The molecule has 19 heavy (non-hydrogen) atoms. The van der Waals surface area contributed by atoms with E-state index >= 15 is 0 Å². The van der Waals surface area contributed by atoms with Crippen molar-refractivity contribution in [2.75, 3.05) is 0 Å². The number of nitriles is 1. The van der Waals surface area contributed by atoms with Crippen molar-refractivity contribution in [3.63, 3.8) is 0 Å². The number of furan rings is 1. The van der Waals surface area contributed by atoms with Crippen LogP contribution in [0.25, 0.3) is 11.3 Å². The summed E-state index contributed by atoms with van der Waals surface area (Å²) in [6.45, 7) is 0. The summed E-state index contributed by atoms with van der Waals surface area (Å²) in [6, 6.07) is 12.9. The maximum atomic E-state index is 9.03. The molecule has 0 unspecified atom stereocenters. The number of thiocarbonyl (C=S) groups is 1. The number of hydrazone groups is 1. The van der Waals surface area contributed by atoms with Gasteiger partial charge in [-0.2, -0.15) is 10.4 Å². The third-order valence-electron chi connectivity index (χ3n) is 2.31. The molecule has 1 aromatic carbocycles. The van der Waals surface area contributed by atoms with Crippen LogP contribution in [0.1, 0.15) is 11.3 Å². The van der Waals surface area contributed by atoms with Crippen molar-refractivity contribution in [3.05, 3.63) is 47.7 Å². The Bertz CT molecular complexity index is 669. The lowest BCUT2D eigenvalue weighted by Gasteiger charge is -1.98. The first-order chi connectivity index (χ1) is 9.20. The van der Waals surface area contributed by atoms with Crippen molar-refractivity contribution < 1.29 is 4.42 Å². The van der Waals surface area contributed by atoms with Crippen LogP contribution in [0.3, 0.4) is 0 Å². The van der Waals surface area contributed by atoms with E-state index in [-0.39, 0.29) is 5.11 Å². The standard InChI is InChI=1S/C13H10N4OS/c14-7-9-3-1-2-4-11(9)12-6-5-10(18-12)8-16-17-13(15)19/h1-6,8H,(H3,15,17,19)/b16-8+. The molecular formula is C13H10N4OS. The van der Waals surface area contributed by atoms with Crippen LogP contribution < -0.4 is 11.2 Å². The molecular weight excluding hydrogens is 260 g/mol. The van der Waals surface area contributed by atoms with Crippen molar-refractivity contribution in [2.24, 2.45) is 10.8 Å². The molecule has 2 rings (SSSR count). The first-order valence-corrected chi connectivity index (χ1v) is 5.79. The molecule has 0 aliphatic rings. The topological polar surface area (TPSA) is 87.3 Å². The third-order valence-corrected chi connectivity index (χ3v) is 2.40. The highest BCUT2D eigenvalue weighted by Crippen LogP contribution is 2.24. The van der Waals surface area contributed by atoms with Gasteiger partial charge in [-0.3, -0.25) is 5.43 Å². The van der Waals surface area contributed by atoms with E-state index in [4.69, 9.17) is 15.4 Å². The Morgan fingerprint density at radius 2 is 2.16 bits per heavy atom. The van der Waals surface area contributed by atoms with Crippen molar-refractivity contribution >= 4 is 23.5 Å². The van der Waals surface area contributed by atoms with Crippen molar-refractivity contribution in [3.8, 4) is 17.4 Å². The number of nitrogens with one attached hydrogen (secondary N) is 1. The van der Waals surface area contributed by atoms with Gasteiger partial charge in [-0.25, -0.2) is 0 Å². The molecule has 0 fully saturated rings. The number of hydrogen-bond acceptors (Lipinski definition) is 4. The van der Waals surface area contributed by atoms with E-state index in [2.05, 4.69) is 28.8 Å². The van der Waals surface area contributed by atoms with Crippen molar-refractivity contribution in [1.82, 2.24) is 5.43 Å². The van der Waals surface area contributed by atoms with Gasteiger partial charge >= 0.3 is 0 Å². The molecule has 1 heterocycles. The molecule has 0 aliphatic carbocycles. The minimum absolute atomic E-state index is 0.0813. The fraction of sp³-hybridized carbons (Fsp3) is 0. The smallest absolute Gasteiger partial charge is 0.184 e. The predicted molar refractivity (Wildman–Crippen MR) is 76.4 cm³/mol. The number of rotatable bonds is 3. The Kier molecular flexibility index (Phi) is 3.90. The van der Waals surface area contributed by atoms with Gasteiger partial charge in [0.2, 0.25) is 0 Å². The molecule has 1 aromatic heterocycles. The molecule has 0 saturated carbocycles. The van der Waals surface area contributed by atoms with Crippen LogP contribution in [0.5, 0.6) is 0 Å². The van der Waals surface area contributed by atoms with Gasteiger partial charge in [0.05, 0.1) is 17.8 Å². The highest BCUT2D eigenvalue weighted by molar-refractivity contribution is 7.80. The van der Waals surface area contributed by atoms with E-state index in [9.17, 15) is 0 Å². The van der Waals surface area contributed by atoms with Crippen molar-refractivity contribution in [1.29, 1.82) is 5.26 Å². The first-order valence-electron chi connectivity index (χ1n) is 5.38. The summed E-state index contributed by atoms with van der Waals surface area (Å²) < 4.78 is 5.57. The molecule has 0 saturated heterocycles. The summed E-state index contributed by atoms with van der Waals surface area (Å²) in [5.41, 5.74) is 8.96. The van der Waals surface area contributed by atoms with Crippen LogP contribution in [-0.2, 0) is 0 Å². The molecule has 0 atom stereocenters.